The molecule has 5 nitrogen and oxygen atoms in total. The number of carbonyl (C=O) groups excluding carboxylic acids is 1. The van der Waals surface area contributed by atoms with E-state index in [-0.39, 0.29) is 11.9 Å². The summed E-state index contributed by atoms with van der Waals surface area (Å²) in [6.07, 6.45) is 5.16. The van der Waals surface area contributed by atoms with Crippen molar-refractivity contribution in [3.63, 3.8) is 0 Å². The van der Waals surface area contributed by atoms with Crippen LogP contribution in [-0.4, -0.2) is 41.5 Å². The van der Waals surface area contributed by atoms with Gasteiger partial charge < -0.3 is 15.6 Å². The molecule has 1 aliphatic rings. The van der Waals surface area contributed by atoms with Crippen molar-refractivity contribution in [1.82, 2.24) is 14.6 Å². The summed E-state index contributed by atoms with van der Waals surface area (Å²) in [6, 6.07) is 16.7. The molecule has 2 aromatic carbocycles. The molecule has 0 radical (unpaired) electrons. The summed E-state index contributed by atoms with van der Waals surface area (Å²) in [7, 11) is 0. The highest BCUT2D eigenvalue weighted by Crippen LogP contribution is 2.27. The Hall–Kier alpha value is -2.28. The molecule has 0 bridgehead atoms. The predicted molar refractivity (Wildman–Crippen MR) is 125 cm³/mol. The van der Waals surface area contributed by atoms with Crippen LogP contribution in [0.2, 0.25) is 0 Å². The van der Waals surface area contributed by atoms with Gasteiger partial charge in [0.1, 0.15) is 0 Å². The van der Waals surface area contributed by atoms with E-state index >= 15 is 0 Å². The molecule has 6 heteroatoms. The number of benzene rings is 2. The van der Waals surface area contributed by atoms with E-state index in [1.165, 1.54) is 28.5 Å². The van der Waals surface area contributed by atoms with E-state index in [2.05, 4.69) is 58.2 Å². The van der Waals surface area contributed by atoms with Gasteiger partial charge in [0.15, 0.2) is 0 Å². The molecule has 4 N–H and O–H groups in total. The number of piperidine rings is 1. The summed E-state index contributed by atoms with van der Waals surface area (Å²) in [5.41, 5.74) is 9.17. The van der Waals surface area contributed by atoms with Gasteiger partial charge >= 0.3 is 0 Å². The summed E-state index contributed by atoms with van der Waals surface area (Å²) in [6.45, 7) is 4.38. The molecular weight excluding hydrogens is 392 g/mol. The van der Waals surface area contributed by atoms with Crippen LogP contribution in [0, 0.1) is 5.92 Å². The van der Waals surface area contributed by atoms with Gasteiger partial charge in [0, 0.05) is 29.7 Å². The molecule has 1 atom stereocenters. The Kier molecular flexibility index (Phi) is 6.77. The van der Waals surface area contributed by atoms with E-state index < -0.39 is 0 Å². The second-order valence-corrected chi connectivity index (χ2v) is 9.01. The van der Waals surface area contributed by atoms with Crippen molar-refractivity contribution in [3.8, 4) is 11.1 Å². The van der Waals surface area contributed by atoms with Crippen LogP contribution < -0.4 is 10.5 Å². The van der Waals surface area contributed by atoms with E-state index in [0.29, 0.717) is 5.92 Å². The highest BCUT2D eigenvalue weighted by Gasteiger charge is 2.25. The molecule has 3 aromatic rings. The van der Waals surface area contributed by atoms with Gasteiger partial charge in [-0.05, 0) is 97.4 Å². The maximum atomic E-state index is 12.8. The zero-order valence-corrected chi connectivity index (χ0v) is 18.3. The summed E-state index contributed by atoms with van der Waals surface area (Å²) < 4.78 is 3.34. The smallest absolute Gasteiger partial charge is 0.240 e. The minimum atomic E-state index is -0.221. The number of aromatic nitrogens is 1. The lowest BCUT2D eigenvalue weighted by Gasteiger charge is -2.33. The summed E-state index contributed by atoms with van der Waals surface area (Å²) in [5.74, 6) is 0.854. The van der Waals surface area contributed by atoms with E-state index in [4.69, 9.17) is 5.73 Å². The van der Waals surface area contributed by atoms with E-state index in [1.807, 2.05) is 18.0 Å². The Morgan fingerprint density at radius 3 is 2.80 bits per heavy atom. The Bertz CT molecular complexity index is 994. The second kappa shape index (κ2) is 9.69. The van der Waals surface area contributed by atoms with Gasteiger partial charge in [-0.2, -0.15) is 0 Å². The number of likely N-dealkylation sites (tertiary alicyclic amines) is 1. The van der Waals surface area contributed by atoms with Crippen LogP contribution in [0.5, 0.6) is 0 Å². The highest BCUT2D eigenvalue weighted by molar-refractivity contribution is 7.97. The number of amides is 1. The van der Waals surface area contributed by atoms with Crippen molar-refractivity contribution in [3.05, 3.63) is 54.7 Å². The minimum absolute atomic E-state index is 0.183. The molecule has 2 heterocycles. The normalized spacial score (nSPS) is 16.1. The fourth-order valence-corrected chi connectivity index (χ4v) is 4.88. The van der Waals surface area contributed by atoms with Crippen LogP contribution in [0.4, 0.5) is 0 Å². The predicted octanol–water partition coefficient (Wildman–Crippen LogP) is 4.41. The third kappa shape index (κ3) is 4.89. The van der Waals surface area contributed by atoms with Gasteiger partial charge in [0.25, 0.3) is 0 Å². The molecule has 1 aliphatic heterocycles. The van der Waals surface area contributed by atoms with Crippen molar-refractivity contribution in [1.29, 1.82) is 0 Å². The number of nitrogens with one attached hydrogen (secondary N) is 2. The molecular formula is C24H30N4OS. The first-order valence-electron chi connectivity index (χ1n) is 10.7. The Morgan fingerprint density at radius 1 is 1.20 bits per heavy atom. The Labute approximate surface area is 182 Å². The summed E-state index contributed by atoms with van der Waals surface area (Å²) in [5, 5.41) is 1.21. The number of carbonyl (C=O) groups is 1. The third-order valence-electron chi connectivity index (χ3n) is 5.95. The highest BCUT2D eigenvalue weighted by atomic mass is 32.2. The van der Waals surface area contributed by atoms with Crippen molar-refractivity contribution < 1.29 is 4.79 Å². The van der Waals surface area contributed by atoms with Crippen LogP contribution >= 0.6 is 11.9 Å². The van der Waals surface area contributed by atoms with Gasteiger partial charge in [-0.1, -0.05) is 18.2 Å². The zero-order chi connectivity index (χ0) is 20.9. The molecule has 1 unspecified atom stereocenters. The molecule has 1 saturated heterocycles. The number of nitrogens with zero attached hydrogens (tertiary/aromatic N) is 1. The van der Waals surface area contributed by atoms with Crippen molar-refractivity contribution >= 4 is 28.8 Å². The molecule has 4 rings (SSSR count). The third-order valence-corrected chi connectivity index (χ3v) is 6.91. The van der Waals surface area contributed by atoms with E-state index in [1.54, 1.807) is 0 Å². The number of hydrogen-bond donors (Lipinski definition) is 3. The van der Waals surface area contributed by atoms with Crippen LogP contribution in [0.3, 0.4) is 0 Å². The fraction of sp³-hybridized carbons (Fsp3) is 0.375. The van der Waals surface area contributed by atoms with Gasteiger partial charge in [-0.15, -0.1) is 0 Å². The number of hydrogen-bond acceptors (Lipinski definition) is 4. The zero-order valence-electron chi connectivity index (χ0n) is 17.4. The number of nitrogens with two attached hydrogens (primary N) is 1. The summed E-state index contributed by atoms with van der Waals surface area (Å²) >= 11 is 1.52. The van der Waals surface area contributed by atoms with Crippen LogP contribution in [0.15, 0.2) is 59.6 Å². The summed E-state index contributed by atoms with van der Waals surface area (Å²) in [4.78, 5) is 19.1. The molecule has 0 spiro atoms. The molecule has 0 saturated carbocycles. The first-order chi connectivity index (χ1) is 14.6. The topological polar surface area (TPSA) is 74.2 Å². The van der Waals surface area contributed by atoms with Crippen molar-refractivity contribution in [2.24, 2.45) is 11.7 Å². The lowest BCUT2D eigenvalue weighted by atomic mass is 9.93. The van der Waals surface area contributed by atoms with Crippen molar-refractivity contribution in [2.45, 2.75) is 37.1 Å². The van der Waals surface area contributed by atoms with Crippen LogP contribution in [0.25, 0.3) is 22.0 Å². The monoisotopic (exact) mass is 422 g/mol. The Morgan fingerprint density at radius 2 is 2.00 bits per heavy atom. The van der Waals surface area contributed by atoms with Gasteiger partial charge in [0.2, 0.25) is 5.91 Å². The standard InChI is InChI=1S/C24H30N4OS/c1-17(24(29)28-13-9-18(7-11-25)10-14-28)27-30-22-4-2-3-19(16-22)20-5-6-23-21(15-20)8-12-26-23/h2-6,8,12,15-18,26-27H,7,9-11,13-14,25H2,1H3. The van der Waals surface area contributed by atoms with Gasteiger partial charge in [0.05, 0.1) is 6.04 Å². The molecule has 1 aromatic heterocycles. The second-order valence-electron chi connectivity index (χ2n) is 8.10. The average Bonchev–Trinajstić information content (AvgIpc) is 3.26. The molecule has 1 amide bonds. The lowest BCUT2D eigenvalue weighted by molar-refractivity contribution is -0.133. The minimum Gasteiger partial charge on any atom is -0.361 e. The Balaban J connectivity index is 1.34. The fourth-order valence-electron chi connectivity index (χ4n) is 4.13. The largest absolute Gasteiger partial charge is 0.361 e. The van der Waals surface area contributed by atoms with Crippen LogP contribution in [0.1, 0.15) is 26.2 Å². The first-order valence-corrected chi connectivity index (χ1v) is 11.5. The van der Waals surface area contributed by atoms with E-state index in [0.717, 1.165) is 49.3 Å². The lowest BCUT2D eigenvalue weighted by Crippen LogP contribution is -2.46. The average molecular weight is 423 g/mol. The molecule has 158 valence electrons. The first kappa shape index (κ1) is 21.0. The van der Waals surface area contributed by atoms with Gasteiger partial charge in [-0.25, -0.2) is 4.72 Å². The SMILES string of the molecule is CC(NSc1cccc(-c2ccc3[nH]ccc3c2)c1)C(=O)N1CCC(CCN)CC1. The number of H-pyrrole nitrogens is 1. The van der Waals surface area contributed by atoms with Crippen LogP contribution in [-0.2, 0) is 4.79 Å². The van der Waals surface area contributed by atoms with Gasteiger partial charge in [-0.3, -0.25) is 4.79 Å². The molecule has 1 fully saturated rings. The number of fused-ring (bicyclic) bond motifs is 1. The molecule has 0 aliphatic carbocycles. The van der Waals surface area contributed by atoms with E-state index in [9.17, 15) is 4.79 Å². The maximum Gasteiger partial charge on any atom is 0.240 e. The quantitative estimate of drug-likeness (QED) is 0.493. The maximum absolute atomic E-state index is 12.8. The number of aromatic amines is 1. The number of rotatable bonds is 7. The molecule has 30 heavy (non-hydrogen) atoms. The van der Waals surface area contributed by atoms with Crippen molar-refractivity contribution in [2.75, 3.05) is 19.6 Å².